The molecule has 0 aliphatic carbocycles. The van der Waals surface area contributed by atoms with Gasteiger partial charge in [-0.1, -0.05) is 24.3 Å². The van der Waals surface area contributed by atoms with Crippen LogP contribution in [0.2, 0.25) is 0 Å². The van der Waals surface area contributed by atoms with Crippen LogP contribution in [0.1, 0.15) is 23.2 Å². The van der Waals surface area contributed by atoms with Gasteiger partial charge >= 0.3 is 6.03 Å². The summed E-state index contributed by atoms with van der Waals surface area (Å²) in [5, 5.41) is 10.1. The Morgan fingerprint density at radius 3 is 2.84 bits per heavy atom. The highest BCUT2D eigenvalue weighted by atomic mass is 16.5. The van der Waals surface area contributed by atoms with Crippen LogP contribution in [0.15, 0.2) is 59.9 Å². The molecule has 0 spiro atoms. The molecular formula is C23H24N6O2. The Morgan fingerprint density at radius 2 is 2.06 bits per heavy atom. The first kappa shape index (κ1) is 19.2. The van der Waals surface area contributed by atoms with E-state index in [0.717, 1.165) is 17.7 Å². The largest absolute Gasteiger partial charge is 0.496 e. The number of nitrogens with one attached hydrogen (secondary N) is 2. The molecule has 2 atom stereocenters. The van der Waals surface area contributed by atoms with Gasteiger partial charge in [-0.3, -0.25) is 9.67 Å². The summed E-state index contributed by atoms with van der Waals surface area (Å²) in [6.07, 6.45) is 5.61. The van der Waals surface area contributed by atoms with Crippen molar-refractivity contribution in [2.45, 2.75) is 12.1 Å². The molecule has 3 aromatic rings. The van der Waals surface area contributed by atoms with Gasteiger partial charge in [-0.2, -0.15) is 5.10 Å². The Bertz CT molecular complexity index is 1150. The van der Waals surface area contributed by atoms with Gasteiger partial charge in [0.05, 0.1) is 38.3 Å². The topological polar surface area (TPSA) is 83.8 Å². The molecule has 2 aliphatic rings. The quantitative estimate of drug-likeness (QED) is 0.668. The van der Waals surface area contributed by atoms with E-state index in [0.29, 0.717) is 18.0 Å². The lowest BCUT2D eigenvalue weighted by Gasteiger charge is -2.24. The molecule has 31 heavy (non-hydrogen) atoms. The lowest BCUT2D eigenvalue weighted by atomic mass is 10.0. The van der Waals surface area contributed by atoms with Crippen molar-refractivity contribution in [2.24, 2.45) is 12.0 Å². The van der Waals surface area contributed by atoms with E-state index >= 15 is 0 Å². The molecular weight excluding hydrogens is 392 g/mol. The maximum atomic E-state index is 12.6. The van der Waals surface area contributed by atoms with Crippen molar-refractivity contribution in [3.63, 3.8) is 0 Å². The first-order chi connectivity index (χ1) is 15.1. The van der Waals surface area contributed by atoms with E-state index in [1.165, 1.54) is 11.1 Å². The first-order valence-electron chi connectivity index (χ1n) is 10.2. The van der Waals surface area contributed by atoms with Crippen molar-refractivity contribution in [2.75, 3.05) is 25.5 Å². The van der Waals surface area contributed by atoms with Crippen LogP contribution in [0.5, 0.6) is 5.75 Å². The number of benzene rings is 2. The van der Waals surface area contributed by atoms with Gasteiger partial charge in [0.1, 0.15) is 5.75 Å². The predicted octanol–water partition coefficient (Wildman–Crippen LogP) is 3.36. The van der Waals surface area contributed by atoms with E-state index in [-0.39, 0.29) is 18.1 Å². The molecule has 0 fully saturated rings. The number of hydrogen-bond acceptors (Lipinski definition) is 5. The van der Waals surface area contributed by atoms with Gasteiger partial charge in [0.25, 0.3) is 0 Å². The minimum absolute atomic E-state index is 0.0840. The minimum atomic E-state index is -0.256. The van der Waals surface area contributed by atoms with E-state index < -0.39 is 0 Å². The number of rotatable bonds is 5. The third kappa shape index (κ3) is 3.50. The molecule has 0 bridgehead atoms. The van der Waals surface area contributed by atoms with Crippen LogP contribution in [-0.4, -0.2) is 47.2 Å². The van der Waals surface area contributed by atoms with Crippen LogP contribution in [0.4, 0.5) is 10.5 Å². The van der Waals surface area contributed by atoms with Crippen molar-refractivity contribution in [3.05, 3.63) is 66.0 Å². The molecule has 1 aromatic heterocycles. The highest BCUT2D eigenvalue weighted by molar-refractivity contribution is 5.90. The van der Waals surface area contributed by atoms with Crippen molar-refractivity contribution >= 4 is 18.1 Å². The number of amides is 2. The summed E-state index contributed by atoms with van der Waals surface area (Å²) in [5.74, 6) is 0.673. The normalized spacial score (nSPS) is 18.6. The number of nitrogens with zero attached hydrogens (tertiary/aromatic N) is 4. The Kier molecular flexibility index (Phi) is 4.82. The van der Waals surface area contributed by atoms with Gasteiger partial charge in [-0.25, -0.2) is 4.79 Å². The van der Waals surface area contributed by atoms with Crippen LogP contribution in [0.3, 0.4) is 0 Å². The zero-order valence-corrected chi connectivity index (χ0v) is 17.4. The maximum Gasteiger partial charge on any atom is 0.319 e. The number of aryl methyl sites for hydroxylation is 1. The molecule has 0 saturated heterocycles. The number of fused-ring (bicyclic) bond motifs is 3. The molecule has 0 radical (unpaired) electrons. The monoisotopic (exact) mass is 416 g/mol. The highest BCUT2D eigenvalue weighted by Gasteiger charge is 2.38. The highest BCUT2D eigenvalue weighted by Crippen LogP contribution is 2.42. The number of methoxy groups -OCH3 is 1. The van der Waals surface area contributed by atoms with E-state index in [4.69, 9.17) is 4.74 Å². The summed E-state index contributed by atoms with van der Waals surface area (Å²) in [6.45, 7) is 1.26. The average Bonchev–Trinajstić information content (AvgIpc) is 3.49. The van der Waals surface area contributed by atoms with Gasteiger partial charge in [0, 0.05) is 42.7 Å². The minimum Gasteiger partial charge on any atom is -0.496 e. The van der Waals surface area contributed by atoms with Gasteiger partial charge in [-0.05, 0) is 23.3 Å². The average molecular weight is 416 g/mol. The van der Waals surface area contributed by atoms with E-state index in [2.05, 4.69) is 43.8 Å². The molecule has 2 aliphatic heterocycles. The standard InChI is InChI=1S/C23H24N6O2/c1-28-13-15(10-26-28)17-8-7-16(9-22(17)31-2)27-23(30)25-12-21-19-6-4-3-5-18(19)20-11-24-14-29(20)21/h3-10,13-14,20-21H,11-12H2,1-2H3,(H2,25,27,30). The molecule has 5 rings (SSSR count). The lowest BCUT2D eigenvalue weighted by Crippen LogP contribution is -2.36. The van der Waals surface area contributed by atoms with E-state index in [1.54, 1.807) is 18.0 Å². The Morgan fingerprint density at radius 1 is 1.23 bits per heavy atom. The molecule has 2 aromatic carbocycles. The van der Waals surface area contributed by atoms with Crippen molar-refractivity contribution in [3.8, 4) is 16.9 Å². The van der Waals surface area contributed by atoms with Gasteiger partial charge in [0.15, 0.2) is 0 Å². The molecule has 8 nitrogen and oxygen atoms in total. The second-order valence-electron chi connectivity index (χ2n) is 7.74. The summed E-state index contributed by atoms with van der Waals surface area (Å²) in [6, 6.07) is 14.1. The second-order valence-corrected chi connectivity index (χ2v) is 7.74. The van der Waals surface area contributed by atoms with E-state index in [1.807, 2.05) is 43.8 Å². The number of aromatic nitrogens is 2. The fourth-order valence-electron chi connectivity index (χ4n) is 4.40. The lowest BCUT2D eigenvalue weighted by molar-refractivity contribution is 0.245. The van der Waals surface area contributed by atoms with Crippen LogP contribution in [0.25, 0.3) is 11.1 Å². The Hall–Kier alpha value is -3.81. The number of carbonyl (C=O) groups excluding carboxylic acids is 1. The SMILES string of the molecule is COc1cc(NC(=O)NCC2c3ccccc3C3CN=CN32)ccc1-c1cnn(C)c1. The zero-order valence-electron chi connectivity index (χ0n) is 17.4. The summed E-state index contributed by atoms with van der Waals surface area (Å²) in [7, 11) is 3.49. The van der Waals surface area contributed by atoms with Crippen molar-refractivity contribution in [1.82, 2.24) is 20.0 Å². The molecule has 2 N–H and O–H groups in total. The fourth-order valence-corrected chi connectivity index (χ4v) is 4.40. The fraction of sp³-hybridized carbons (Fsp3) is 0.261. The predicted molar refractivity (Wildman–Crippen MR) is 119 cm³/mol. The number of urea groups is 1. The first-order valence-corrected chi connectivity index (χ1v) is 10.2. The Labute approximate surface area is 180 Å². The van der Waals surface area contributed by atoms with Gasteiger partial charge in [0.2, 0.25) is 0 Å². The zero-order chi connectivity index (χ0) is 21.4. The third-order valence-corrected chi connectivity index (χ3v) is 5.86. The number of hydrogen-bond donors (Lipinski definition) is 2. The summed E-state index contributed by atoms with van der Waals surface area (Å²) < 4.78 is 7.27. The molecule has 2 amide bonds. The van der Waals surface area contributed by atoms with Crippen molar-refractivity contribution < 1.29 is 9.53 Å². The van der Waals surface area contributed by atoms with Crippen LogP contribution in [0, 0.1) is 0 Å². The molecule has 158 valence electrons. The summed E-state index contributed by atoms with van der Waals surface area (Å²) in [5.41, 5.74) is 5.08. The number of carbonyl (C=O) groups is 1. The smallest absolute Gasteiger partial charge is 0.319 e. The second kappa shape index (κ2) is 7.79. The number of ether oxygens (including phenoxy) is 1. The van der Waals surface area contributed by atoms with E-state index in [9.17, 15) is 4.79 Å². The van der Waals surface area contributed by atoms with Crippen LogP contribution in [-0.2, 0) is 7.05 Å². The van der Waals surface area contributed by atoms with Crippen LogP contribution < -0.4 is 15.4 Å². The van der Waals surface area contributed by atoms with Crippen LogP contribution >= 0.6 is 0 Å². The number of anilines is 1. The van der Waals surface area contributed by atoms with Gasteiger partial charge < -0.3 is 20.3 Å². The molecule has 2 unspecified atom stereocenters. The number of aliphatic imine (C=N–C) groups is 1. The van der Waals surface area contributed by atoms with Gasteiger partial charge in [-0.15, -0.1) is 0 Å². The summed E-state index contributed by atoms with van der Waals surface area (Å²) >= 11 is 0. The molecule has 0 saturated carbocycles. The Balaban J connectivity index is 1.26. The maximum absolute atomic E-state index is 12.6. The third-order valence-electron chi connectivity index (χ3n) is 5.86. The summed E-state index contributed by atoms with van der Waals surface area (Å²) in [4.78, 5) is 19.3. The molecule has 3 heterocycles. The van der Waals surface area contributed by atoms with Crippen molar-refractivity contribution in [1.29, 1.82) is 0 Å². The molecule has 8 heteroatoms.